The van der Waals surface area contributed by atoms with Crippen LogP contribution in [0, 0.1) is 25.2 Å². The fourth-order valence-corrected chi connectivity index (χ4v) is 3.49. The molecule has 1 aromatic rings. The van der Waals surface area contributed by atoms with Crippen molar-refractivity contribution in [2.75, 3.05) is 18.4 Å². The van der Waals surface area contributed by atoms with Crippen LogP contribution < -0.4 is 5.32 Å². The summed E-state index contributed by atoms with van der Waals surface area (Å²) in [6.45, 7) is 4.32. The van der Waals surface area contributed by atoms with Crippen LogP contribution in [0.25, 0.3) is 0 Å². The number of amides is 2. The maximum absolute atomic E-state index is 12.3. The van der Waals surface area contributed by atoms with Crippen molar-refractivity contribution in [2.24, 2.45) is 11.3 Å². The summed E-state index contributed by atoms with van der Waals surface area (Å²) in [5.41, 5.74) is -0.0367. The van der Waals surface area contributed by atoms with Gasteiger partial charge in [-0.3, -0.25) is 10.1 Å². The maximum Gasteiger partial charge on any atom is 0.325 e. The van der Waals surface area contributed by atoms with E-state index in [0.717, 1.165) is 18.5 Å². The zero-order valence-corrected chi connectivity index (χ0v) is 12.2. The lowest BCUT2D eigenvalue weighted by atomic mass is 9.81. The molecule has 2 fully saturated rings. The number of carboxylic acids is 1. The number of hydrogen-bond donors (Lipinski definition) is 2. The number of aryl methyl sites for hydroxylation is 2. The maximum atomic E-state index is 12.3. The van der Waals surface area contributed by atoms with E-state index in [-0.39, 0.29) is 24.5 Å². The van der Waals surface area contributed by atoms with Crippen molar-refractivity contribution in [3.05, 3.63) is 11.5 Å². The average molecular weight is 293 g/mol. The molecule has 2 atom stereocenters. The minimum Gasteiger partial charge on any atom is -0.481 e. The zero-order valence-electron chi connectivity index (χ0n) is 12.2. The molecule has 0 bridgehead atoms. The Balaban J connectivity index is 1.71. The molecule has 0 aromatic carbocycles. The van der Waals surface area contributed by atoms with Gasteiger partial charge < -0.3 is 14.4 Å². The largest absolute Gasteiger partial charge is 0.481 e. The summed E-state index contributed by atoms with van der Waals surface area (Å²) in [5, 5.41) is 12.1. The molecule has 1 saturated heterocycles. The molecule has 0 radical (unpaired) electrons. The third-order valence-electron chi connectivity index (χ3n) is 4.83. The van der Waals surface area contributed by atoms with Crippen molar-refractivity contribution in [2.45, 2.75) is 33.1 Å². The quantitative estimate of drug-likeness (QED) is 0.869. The van der Waals surface area contributed by atoms with Gasteiger partial charge in [-0.05, 0) is 32.6 Å². The number of likely N-dealkylation sites (tertiary alicyclic amines) is 1. The van der Waals surface area contributed by atoms with Crippen LogP contribution in [0.4, 0.5) is 10.8 Å². The highest BCUT2D eigenvalue weighted by molar-refractivity contribution is 5.88. The molecule has 21 heavy (non-hydrogen) atoms. The first-order chi connectivity index (χ1) is 9.92. The van der Waals surface area contributed by atoms with E-state index >= 15 is 0 Å². The molecular formula is C14H19N3O4. The van der Waals surface area contributed by atoms with Gasteiger partial charge in [0.1, 0.15) is 5.76 Å². The van der Waals surface area contributed by atoms with E-state index in [1.807, 2.05) is 0 Å². The summed E-state index contributed by atoms with van der Waals surface area (Å²) >= 11 is 0. The van der Waals surface area contributed by atoms with Crippen LogP contribution in [0.3, 0.4) is 0 Å². The van der Waals surface area contributed by atoms with Crippen molar-refractivity contribution in [3.8, 4) is 0 Å². The predicted molar refractivity (Wildman–Crippen MR) is 74.0 cm³/mol. The van der Waals surface area contributed by atoms with Gasteiger partial charge in [-0.2, -0.15) is 4.98 Å². The molecule has 0 unspecified atom stereocenters. The number of fused-ring (bicyclic) bond motifs is 1. The molecular weight excluding hydrogens is 274 g/mol. The molecule has 2 aliphatic rings. The van der Waals surface area contributed by atoms with Crippen molar-refractivity contribution in [1.29, 1.82) is 0 Å². The third kappa shape index (κ3) is 2.16. The topological polar surface area (TPSA) is 95.7 Å². The van der Waals surface area contributed by atoms with Crippen LogP contribution in [0.5, 0.6) is 0 Å². The van der Waals surface area contributed by atoms with Crippen LogP contribution in [-0.4, -0.2) is 40.1 Å². The van der Waals surface area contributed by atoms with E-state index in [4.69, 9.17) is 4.42 Å². The molecule has 0 spiro atoms. The van der Waals surface area contributed by atoms with Gasteiger partial charge in [0.15, 0.2) is 0 Å². The fourth-order valence-electron chi connectivity index (χ4n) is 3.49. The number of oxazole rings is 1. The third-order valence-corrected chi connectivity index (χ3v) is 4.83. The highest BCUT2D eigenvalue weighted by atomic mass is 16.4. The average Bonchev–Trinajstić information content (AvgIpc) is 3.02. The number of aliphatic carboxylic acids is 1. The highest BCUT2D eigenvalue weighted by Crippen LogP contribution is 2.48. The number of nitrogens with zero attached hydrogens (tertiary/aromatic N) is 2. The van der Waals surface area contributed by atoms with Gasteiger partial charge in [0.05, 0.1) is 11.1 Å². The number of hydrogen-bond acceptors (Lipinski definition) is 4. The number of urea groups is 1. The van der Waals surface area contributed by atoms with Gasteiger partial charge in [-0.25, -0.2) is 4.79 Å². The van der Waals surface area contributed by atoms with Gasteiger partial charge in [0.25, 0.3) is 0 Å². The molecule has 1 saturated carbocycles. The van der Waals surface area contributed by atoms with Crippen LogP contribution in [0.2, 0.25) is 0 Å². The summed E-state index contributed by atoms with van der Waals surface area (Å²) in [7, 11) is 0. The predicted octanol–water partition coefficient (Wildman–Crippen LogP) is 2.01. The second-order valence-electron chi connectivity index (χ2n) is 6.02. The Bertz CT molecular complexity index is 578. The minimum atomic E-state index is -0.789. The molecule has 2 amide bonds. The van der Waals surface area contributed by atoms with Gasteiger partial charge in [-0.1, -0.05) is 6.42 Å². The Hall–Kier alpha value is -2.05. The zero-order chi connectivity index (χ0) is 15.2. The Morgan fingerprint density at radius 2 is 2.24 bits per heavy atom. The second kappa shape index (κ2) is 4.75. The molecule has 2 N–H and O–H groups in total. The van der Waals surface area contributed by atoms with Crippen molar-refractivity contribution < 1.29 is 19.1 Å². The Kier molecular flexibility index (Phi) is 3.15. The molecule has 2 heterocycles. The normalized spacial score (nSPS) is 27.7. The highest BCUT2D eigenvalue weighted by Gasteiger charge is 2.55. The van der Waals surface area contributed by atoms with Crippen molar-refractivity contribution in [1.82, 2.24) is 9.88 Å². The minimum absolute atomic E-state index is 0.0498. The molecule has 7 nitrogen and oxygen atoms in total. The number of aromatic nitrogens is 1. The van der Waals surface area contributed by atoms with Crippen LogP contribution >= 0.6 is 0 Å². The Morgan fingerprint density at radius 1 is 1.48 bits per heavy atom. The summed E-state index contributed by atoms with van der Waals surface area (Å²) in [6.07, 6.45) is 2.44. The first-order valence-electron chi connectivity index (χ1n) is 7.16. The summed E-state index contributed by atoms with van der Waals surface area (Å²) in [5.74, 6) is -0.0810. The molecule has 3 rings (SSSR count). The lowest BCUT2D eigenvalue weighted by Gasteiger charge is -2.23. The standard InChI is InChI=1S/C14H19N3O4/c1-8-9(2)21-12(15-8)16-13(20)17-6-10-4-3-5-14(10,7-17)11(18)19/h10H,3-7H2,1-2H3,(H,18,19)(H,15,16,20)/t10-,14+/m0/s1. The van der Waals surface area contributed by atoms with Crippen molar-refractivity contribution >= 4 is 18.0 Å². The van der Waals surface area contributed by atoms with Gasteiger partial charge in [-0.15, -0.1) is 0 Å². The van der Waals surface area contributed by atoms with Crippen LogP contribution in [-0.2, 0) is 4.79 Å². The number of carboxylic acid groups (broad SMARTS) is 1. The van der Waals surface area contributed by atoms with E-state index in [9.17, 15) is 14.7 Å². The van der Waals surface area contributed by atoms with E-state index in [0.29, 0.717) is 18.7 Å². The monoisotopic (exact) mass is 293 g/mol. The molecule has 1 aliphatic heterocycles. The van der Waals surface area contributed by atoms with Crippen LogP contribution in [0.1, 0.15) is 30.7 Å². The number of rotatable bonds is 2. The lowest BCUT2D eigenvalue weighted by molar-refractivity contribution is -0.149. The first-order valence-corrected chi connectivity index (χ1v) is 7.16. The smallest absolute Gasteiger partial charge is 0.325 e. The van der Waals surface area contributed by atoms with Gasteiger partial charge >= 0.3 is 18.0 Å². The van der Waals surface area contributed by atoms with E-state index < -0.39 is 11.4 Å². The molecule has 1 aliphatic carbocycles. The van der Waals surface area contributed by atoms with Gasteiger partial charge in [0, 0.05) is 13.1 Å². The summed E-state index contributed by atoms with van der Waals surface area (Å²) in [4.78, 5) is 29.5. The van der Waals surface area contributed by atoms with Crippen molar-refractivity contribution in [3.63, 3.8) is 0 Å². The molecule has 1 aromatic heterocycles. The Labute approximate surface area is 122 Å². The fraction of sp³-hybridized carbons (Fsp3) is 0.643. The number of carbonyl (C=O) groups is 2. The molecule has 114 valence electrons. The lowest BCUT2D eigenvalue weighted by Crippen LogP contribution is -2.38. The number of anilines is 1. The number of nitrogens with one attached hydrogen (secondary N) is 1. The Morgan fingerprint density at radius 3 is 2.81 bits per heavy atom. The molecule has 7 heteroatoms. The SMILES string of the molecule is Cc1nc(NC(=O)N2C[C@@H]3CCC[C@@]3(C(=O)O)C2)oc1C. The van der Waals surface area contributed by atoms with Crippen LogP contribution in [0.15, 0.2) is 4.42 Å². The van der Waals surface area contributed by atoms with Gasteiger partial charge in [0.2, 0.25) is 0 Å². The summed E-state index contributed by atoms with van der Waals surface area (Å²) < 4.78 is 5.33. The van der Waals surface area contributed by atoms with E-state index in [2.05, 4.69) is 10.3 Å². The number of carbonyl (C=O) groups excluding carboxylic acids is 1. The summed E-state index contributed by atoms with van der Waals surface area (Å²) in [6, 6.07) is -0.178. The van der Waals surface area contributed by atoms with E-state index in [1.165, 1.54) is 0 Å². The van der Waals surface area contributed by atoms with E-state index in [1.54, 1.807) is 18.7 Å². The first kappa shape index (κ1) is 13.9. The second-order valence-corrected chi connectivity index (χ2v) is 6.02.